The van der Waals surface area contributed by atoms with E-state index in [1.807, 2.05) is 31.2 Å². The summed E-state index contributed by atoms with van der Waals surface area (Å²) in [5.41, 5.74) is 1.70. The molecule has 72 valence electrons. The van der Waals surface area contributed by atoms with E-state index in [4.69, 9.17) is 0 Å². The summed E-state index contributed by atoms with van der Waals surface area (Å²) in [5, 5.41) is 0. The fourth-order valence-corrected chi connectivity index (χ4v) is 1.97. The lowest BCUT2D eigenvalue weighted by molar-refractivity contribution is 0.0846. The number of hydrogen-bond donors (Lipinski definition) is 0. The minimum Gasteiger partial charge on any atom is -0.293 e. The van der Waals surface area contributed by atoms with Crippen molar-refractivity contribution in [1.82, 2.24) is 0 Å². The number of aryl methyl sites for hydroxylation is 1. The van der Waals surface area contributed by atoms with Crippen molar-refractivity contribution in [2.24, 2.45) is 5.41 Å². The molecule has 0 spiro atoms. The number of ketones is 1. The third-order valence-corrected chi connectivity index (χ3v) is 3.14. The summed E-state index contributed by atoms with van der Waals surface area (Å²) >= 11 is 0. The van der Waals surface area contributed by atoms with Gasteiger partial charge in [-0.15, -0.1) is 6.58 Å². The molecule has 0 N–H and O–H groups in total. The van der Waals surface area contributed by atoms with Crippen molar-refractivity contribution >= 4 is 5.78 Å². The summed E-state index contributed by atoms with van der Waals surface area (Å²) < 4.78 is 0. The van der Waals surface area contributed by atoms with Crippen LogP contribution >= 0.6 is 0 Å². The first kappa shape index (κ1) is 9.20. The van der Waals surface area contributed by atoms with Gasteiger partial charge in [-0.2, -0.15) is 0 Å². The largest absolute Gasteiger partial charge is 0.293 e. The number of carbonyl (C=O) groups is 1. The molecule has 1 aromatic carbocycles. The Kier molecular flexibility index (Phi) is 2.03. The van der Waals surface area contributed by atoms with Crippen LogP contribution in [-0.4, -0.2) is 5.78 Å². The minimum atomic E-state index is -0.353. The van der Waals surface area contributed by atoms with Crippen LogP contribution in [0.15, 0.2) is 36.9 Å². The summed E-state index contributed by atoms with van der Waals surface area (Å²) in [4.78, 5) is 12.1. The number of rotatable bonds is 1. The van der Waals surface area contributed by atoms with E-state index in [1.165, 1.54) is 5.56 Å². The number of hydrogen-bond acceptors (Lipinski definition) is 1. The second-order valence-electron chi connectivity index (χ2n) is 4.11. The molecule has 1 atom stereocenters. The Labute approximate surface area is 84.5 Å². The minimum absolute atomic E-state index is 0.217. The Bertz CT molecular complexity index is 392. The highest BCUT2D eigenvalue weighted by Gasteiger charge is 2.35. The zero-order valence-corrected chi connectivity index (χ0v) is 8.42. The lowest BCUT2D eigenvalue weighted by atomic mass is 9.72. The van der Waals surface area contributed by atoms with Crippen LogP contribution < -0.4 is 0 Å². The van der Waals surface area contributed by atoms with Gasteiger partial charge >= 0.3 is 0 Å². The highest BCUT2D eigenvalue weighted by molar-refractivity contribution is 6.03. The van der Waals surface area contributed by atoms with E-state index < -0.39 is 0 Å². The third kappa shape index (κ3) is 1.20. The smallest absolute Gasteiger partial charge is 0.172 e. The van der Waals surface area contributed by atoms with Gasteiger partial charge < -0.3 is 0 Å². The molecule has 0 heterocycles. The molecule has 1 nitrogen and oxygen atoms in total. The average Bonchev–Trinajstić information content (AvgIpc) is 2.24. The Morgan fingerprint density at radius 3 is 2.86 bits per heavy atom. The van der Waals surface area contributed by atoms with Crippen molar-refractivity contribution in [3.05, 3.63) is 48.0 Å². The molecule has 0 saturated carbocycles. The van der Waals surface area contributed by atoms with E-state index in [-0.39, 0.29) is 11.2 Å². The van der Waals surface area contributed by atoms with Gasteiger partial charge in [-0.25, -0.2) is 0 Å². The summed E-state index contributed by atoms with van der Waals surface area (Å²) in [5.74, 6) is 0.217. The van der Waals surface area contributed by atoms with Crippen molar-refractivity contribution in [1.29, 1.82) is 0 Å². The van der Waals surface area contributed by atoms with Crippen LogP contribution in [0.1, 0.15) is 29.3 Å². The van der Waals surface area contributed by atoms with E-state index in [2.05, 4.69) is 6.58 Å². The first-order valence-corrected chi connectivity index (χ1v) is 4.94. The van der Waals surface area contributed by atoms with Gasteiger partial charge in [-0.1, -0.05) is 30.3 Å². The molecule has 1 aliphatic rings. The van der Waals surface area contributed by atoms with Crippen LogP contribution in [0.2, 0.25) is 0 Å². The molecule has 14 heavy (non-hydrogen) atoms. The van der Waals surface area contributed by atoms with Crippen LogP contribution in [0.25, 0.3) is 0 Å². The molecule has 0 aromatic heterocycles. The fraction of sp³-hybridized carbons (Fsp3) is 0.308. The molecule has 0 bridgehead atoms. The zero-order chi connectivity index (χ0) is 10.2. The molecule has 1 aliphatic carbocycles. The van der Waals surface area contributed by atoms with E-state index in [0.717, 1.165) is 18.4 Å². The van der Waals surface area contributed by atoms with E-state index >= 15 is 0 Å². The van der Waals surface area contributed by atoms with Crippen molar-refractivity contribution < 1.29 is 4.79 Å². The number of benzene rings is 1. The first-order chi connectivity index (χ1) is 6.67. The van der Waals surface area contributed by atoms with Crippen molar-refractivity contribution in [3.63, 3.8) is 0 Å². The normalized spacial score (nSPS) is 25.6. The van der Waals surface area contributed by atoms with Gasteiger partial charge in [0, 0.05) is 11.0 Å². The van der Waals surface area contributed by atoms with Gasteiger partial charge in [0.2, 0.25) is 0 Å². The van der Waals surface area contributed by atoms with E-state index in [0.29, 0.717) is 0 Å². The maximum atomic E-state index is 12.1. The second kappa shape index (κ2) is 3.09. The summed E-state index contributed by atoms with van der Waals surface area (Å²) in [6.45, 7) is 5.73. The third-order valence-electron chi connectivity index (χ3n) is 3.14. The Balaban J connectivity index is 2.51. The predicted octanol–water partition coefficient (Wildman–Crippen LogP) is 3.01. The van der Waals surface area contributed by atoms with Crippen molar-refractivity contribution in [2.75, 3.05) is 0 Å². The number of fused-ring (bicyclic) bond motifs is 1. The monoisotopic (exact) mass is 186 g/mol. The molecule has 2 rings (SSSR count). The summed E-state index contributed by atoms with van der Waals surface area (Å²) in [7, 11) is 0. The highest BCUT2D eigenvalue weighted by atomic mass is 16.1. The van der Waals surface area contributed by atoms with Crippen LogP contribution in [0.4, 0.5) is 0 Å². The fourth-order valence-electron chi connectivity index (χ4n) is 1.97. The van der Waals surface area contributed by atoms with E-state index in [9.17, 15) is 4.79 Å². The maximum Gasteiger partial charge on any atom is 0.172 e. The quantitative estimate of drug-likeness (QED) is 0.616. The molecule has 0 saturated heterocycles. The molecule has 0 unspecified atom stereocenters. The van der Waals surface area contributed by atoms with Crippen LogP contribution in [0.5, 0.6) is 0 Å². The SMILES string of the molecule is C=C[C@@]1(C)CCc2ccccc2C1=O. The molecular formula is C13H14O. The predicted molar refractivity (Wildman–Crippen MR) is 57.4 cm³/mol. The molecule has 1 heteroatoms. The van der Waals surface area contributed by atoms with Crippen molar-refractivity contribution in [3.8, 4) is 0 Å². The Hall–Kier alpha value is -1.37. The highest BCUT2D eigenvalue weighted by Crippen LogP contribution is 2.35. The van der Waals surface area contributed by atoms with Crippen LogP contribution in [-0.2, 0) is 6.42 Å². The van der Waals surface area contributed by atoms with Gasteiger partial charge in [-0.05, 0) is 25.3 Å². The Morgan fingerprint density at radius 2 is 2.14 bits per heavy atom. The summed E-state index contributed by atoms with van der Waals surface area (Å²) in [6, 6.07) is 7.86. The molecule has 1 aromatic rings. The number of Topliss-reactive ketones (excluding diaryl/α,β-unsaturated/α-hetero) is 1. The standard InChI is InChI=1S/C13H14O/c1-3-13(2)9-8-10-6-4-5-7-11(10)12(13)14/h3-7H,1,8-9H2,2H3/t13-/m0/s1. The van der Waals surface area contributed by atoms with Crippen LogP contribution in [0, 0.1) is 5.41 Å². The lowest BCUT2D eigenvalue weighted by Gasteiger charge is -2.30. The van der Waals surface area contributed by atoms with Gasteiger partial charge in [-0.3, -0.25) is 4.79 Å². The van der Waals surface area contributed by atoms with E-state index in [1.54, 1.807) is 6.08 Å². The molecule has 0 aliphatic heterocycles. The average molecular weight is 186 g/mol. The topological polar surface area (TPSA) is 17.1 Å². The van der Waals surface area contributed by atoms with Crippen molar-refractivity contribution in [2.45, 2.75) is 19.8 Å². The molecule has 0 radical (unpaired) electrons. The van der Waals surface area contributed by atoms with Gasteiger partial charge in [0.05, 0.1) is 0 Å². The maximum absolute atomic E-state index is 12.1. The first-order valence-electron chi connectivity index (χ1n) is 4.94. The lowest BCUT2D eigenvalue weighted by Crippen LogP contribution is -2.31. The summed E-state index contributed by atoms with van der Waals surface area (Å²) in [6.07, 6.45) is 3.64. The Morgan fingerprint density at radius 1 is 1.43 bits per heavy atom. The van der Waals surface area contributed by atoms with Gasteiger partial charge in [0.1, 0.15) is 0 Å². The second-order valence-corrected chi connectivity index (χ2v) is 4.11. The van der Waals surface area contributed by atoms with Crippen LogP contribution in [0.3, 0.4) is 0 Å². The number of carbonyl (C=O) groups excluding carboxylic acids is 1. The number of allylic oxidation sites excluding steroid dienone is 1. The van der Waals surface area contributed by atoms with Gasteiger partial charge in [0.25, 0.3) is 0 Å². The van der Waals surface area contributed by atoms with Gasteiger partial charge in [0.15, 0.2) is 5.78 Å². The molecule has 0 fully saturated rings. The zero-order valence-electron chi connectivity index (χ0n) is 8.42. The molecule has 0 amide bonds. The molecular weight excluding hydrogens is 172 g/mol.